The van der Waals surface area contributed by atoms with Gasteiger partial charge in [-0.25, -0.2) is 0 Å². The van der Waals surface area contributed by atoms with Crippen LogP contribution in [0.1, 0.15) is 37.7 Å². The molecule has 0 bridgehead atoms. The summed E-state index contributed by atoms with van der Waals surface area (Å²) in [5, 5.41) is 7.25. The van der Waals surface area contributed by atoms with E-state index < -0.39 is 0 Å². The van der Waals surface area contributed by atoms with Gasteiger partial charge in [-0.15, -0.1) is 24.0 Å². The molecule has 4 rings (SSSR count). The van der Waals surface area contributed by atoms with Crippen LogP contribution in [-0.2, 0) is 11.2 Å². The predicted molar refractivity (Wildman–Crippen MR) is 113 cm³/mol. The molecule has 0 radical (unpaired) electrons. The van der Waals surface area contributed by atoms with Gasteiger partial charge in [-0.2, -0.15) is 0 Å². The van der Waals surface area contributed by atoms with Crippen molar-refractivity contribution in [1.82, 2.24) is 10.6 Å². The monoisotopic (exact) mass is 455 g/mol. The Bertz CT molecular complexity index is 586. The summed E-state index contributed by atoms with van der Waals surface area (Å²) in [6, 6.07) is 11.2. The van der Waals surface area contributed by atoms with Crippen LogP contribution in [0.3, 0.4) is 0 Å². The third kappa shape index (κ3) is 3.54. The van der Waals surface area contributed by atoms with Crippen molar-refractivity contribution in [2.24, 2.45) is 16.3 Å². The number of nitrogens with one attached hydrogen (secondary N) is 2. The van der Waals surface area contributed by atoms with E-state index in [9.17, 15) is 0 Å². The van der Waals surface area contributed by atoms with Crippen LogP contribution in [0.5, 0.6) is 0 Å². The van der Waals surface area contributed by atoms with Gasteiger partial charge in [0.05, 0.1) is 6.10 Å². The standard InChI is InChI=1S/C20H29N3O.HI/c1-21-19(22-13-9-15-7-3-2-4-8-15)23-17-16-10-14-24-18(16)20(17)11-5-6-12-20;/h2-4,7-8,16-18H,5-6,9-14H2,1H3,(H2,21,22,23);1H. The minimum Gasteiger partial charge on any atom is -0.377 e. The van der Waals surface area contributed by atoms with Gasteiger partial charge in [0.1, 0.15) is 0 Å². The molecular formula is C20H30IN3O. The van der Waals surface area contributed by atoms with E-state index in [1.807, 2.05) is 7.05 Å². The van der Waals surface area contributed by atoms with E-state index >= 15 is 0 Å². The van der Waals surface area contributed by atoms with Crippen molar-refractivity contribution in [1.29, 1.82) is 0 Å². The van der Waals surface area contributed by atoms with E-state index in [0.29, 0.717) is 23.5 Å². The molecule has 1 heterocycles. The summed E-state index contributed by atoms with van der Waals surface area (Å²) in [5.74, 6) is 1.63. The molecule has 1 aromatic rings. The first-order chi connectivity index (χ1) is 11.8. The molecule has 138 valence electrons. The van der Waals surface area contributed by atoms with Crippen LogP contribution >= 0.6 is 24.0 Å². The van der Waals surface area contributed by atoms with Crippen LogP contribution in [0.4, 0.5) is 0 Å². The second-order valence-electron chi connectivity index (χ2n) is 7.54. The van der Waals surface area contributed by atoms with Crippen molar-refractivity contribution in [2.45, 2.75) is 50.7 Å². The molecule has 1 spiro atoms. The fraction of sp³-hybridized carbons (Fsp3) is 0.650. The van der Waals surface area contributed by atoms with E-state index in [-0.39, 0.29) is 24.0 Å². The van der Waals surface area contributed by atoms with Gasteiger partial charge in [-0.3, -0.25) is 4.99 Å². The molecular weight excluding hydrogens is 425 g/mol. The molecule has 4 nitrogen and oxygen atoms in total. The summed E-state index contributed by atoms with van der Waals surface area (Å²) >= 11 is 0. The average Bonchev–Trinajstić information content (AvgIpc) is 3.27. The van der Waals surface area contributed by atoms with Gasteiger partial charge in [-0.1, -0.05) is 43.2 Å². The number of fused-ring (bicyclic) bond motifs is 2. The summed E-state index contributed by atoms with van der Waals surface area (Å²) < 4.78 is 6.07. The Morgan fingerprint density at radius 2 is 2.00 bits per heavy atom. The highest BCUT2D eigenvalue weighted by Crippen LogP contribution is 2.60. The number of hydrogen-bond acceptors (Lipinski definition) is 2. The summed E-state index contributed by atoms with van der Waals surface area (Å²) in [5.41, 5.74) is 1.73. The number of hydrogen-bond donors (Lipinski definition) is 2. The van der Waals surface area contributed by atoms with Gasteiger partial charge in [-0.05, 0) is 31.2 Å². The Hall–Kier alpha value is -0.820. The lowest BCUT2D eigenvalue weighted by Crippen LogP contribution is -2.69. The van der Waals surface area contributed by atoms with Crippen molar-refractivity contribution in [2.75, 3.05) is 20.2 Å². The smallest absolute Gasteiger partial charge is 0.191 e. The molecule has 3 atom stereocenters. The van der Waals surface area contributed by atoms with Crippen LogP contribution in [-0.4, -0.2) is 38.3 Å². The highest BCUT2D eigenvalue weighted by molar-refractivity contribution is 14.0. The molecule has 1 aliphatic heterocycles. The normalized spacial score (nSPS) is 29.6. The van der Waals surface area contributed by atoms with Crippen LogP contribution in [0.2, 0.25) is 0 Å². The molecule has 3 fully saturated rings. The average molecular weight is 455 g/mol. The van der Waals surface area contributed by atoms with Crippen molar-refractivity contribution in [3.05, 3.63) is 35.9 Å². The molecule has 3 aliphatic rings. The predicted octanol–water partition coefficient (Wildman–Crippen LogP) is 3.36. The fourth-order valence-corrected chi connectivity index (χ4v) is 5.22. The van der Waals surface area contributed by atoms with Gasteiger partial charge in [0.2, 0.25) is 0 Å². The molecule has 1 aromatic carbocycles. The number of nitrogens with zero attached hydrogens (tertiary/aromatic N) is 1. The summed E-state index contributed by atoms with van der Waals surface area (Å²) in [4.78, 5) is 4.46. The molecule has 2 N–H and O–H groups in total. The summed E-state index contributed by atoms with van der Waals surface area (Å²) in [7, 11) is 1.88. The van der Waals surface area contributed by atoms with Gasteiger partial charge in [0, 0.05) is 37.6 Å². The Balaban J connectivity index is 0.00000182. The maximum atomic E-state index is 6.07. The van der Waals surface area contributed by atoms with Gasteiger partial charge < -0.3 is 15.4 Å². The fourth-order valence-electron chi connectivity index (χ4n) is 5.22. The number of guanidine groups is 1. The Morgan fingerprint density at radius 3 is 2.72 bits per heavy atom. The zero-order chi connectivity index (χ0) is 16.4. The zero-order valence-electron chi connectivity index (χ0n) is 15.0. The number of ether oxygens (including phenoxy) is 1. The number of rotatable bonds is 4. The maximum Gasteiger partial charge on any atom is 0.191 e. The largest absolute Gasteiger partial charge is 0.377 e. The van der Waals surface area contributed by atoms with Crippen LogP contribution < -0.4 is 10.6 Å². The highest BCUT2D eigenvalue weighted by Gasteiger charge is 2.65. The van der Waals surface area contributed by atoms with E-state index in [1.54, 1.807) is 0 Å². The number of benzene rings is 1. The Labute approximate surface area is 168 Å². The first-order valence-corrected chi connectivity index (χ1v) is 9.46. The highest BCUT2D eigenvalue weighted by atomic mass is 127. The molecule has 3 unspecified atom stereocenters. The van der Waals surface area contributed by atoms with Crippen molar-refractivity contribution in [3.63, 3.8) is 0 Å². The van der Waals surface area contributed by atoms with Crippen molar-refractivity contribution >= 4 is 29.9 Å². The van der Waals surface area contributed by atoms with E-state index in [2.05, 4.69) is 46.0 Å². The van der Waals surface area contributed by atoms with Crippen LogP contribution in [0, 0.1) is 11.3 Å². The molecule has 2 aliphatic carbocycles. The molecule has 25 heavy (non-hydrogen) atoms. The van der Waals surface area contributed by atoms with Crippen molar-refractivity contribution < 1.29 is 4.74 Å². The second kappa shape index (κ2) is 8.25. The molecule has 2 saturated carbocycles. The van der Waals surface area contributed by atoms with E-state index in [4.69, 9.17) is 4.74 Å². The molecule has 0 aromatic heterocycles. The first-order valence-electron chi connectivity index (χ1n) is 9.46. The molecule has 5 heteroatoms. The number of aliphatic imine (C=N–C) groups is 1. The van der Waals surface area contributed by atoms with E-state index in [1.165, 1.54) is 37.7 Å². The number of halogens is 1. The van der Waals surface area contributed by atoms with Gasteiger partial charge >= 0.3 is 0 Å². The quantitative estimate of drug-likeness (QED) is 0.416. The third-order valence-corrected chi connectivity index (χ3v) is 6.35. The lowest BCUT2D eigenvalue weighted by atomic mass is 9.54. The maximum absolute atomic E-state index is 6.07. The van der Waals surface area contributed by atoms with Crippen LogP contribution in [0.15, 0.2) is 35.3 Å². The Morgan fingerprint density at radius 1 is 1.24 bits per heavy atom. The third-order valence-electron chi connectivity index (χ3n) is 6.35. The Kier molecular flexibility index (Phi) is 6.25. The summed E-state index contributed by atoms with van der Waals surface area (Å²) in [6.45, 7) is 1.85. The molecule has 0 amide bonds. The van der Waals surface area contributed by atoms with E-state index in [0.717, 1.165) is 25.5 Å². The minimum absolute atomic E-state index is 0. The SMILES string of the molecule is CN=C(NCCc1ccccc1)NC1C2CCOC2C12CCCC2.I. The lowest BCUT2D eigenvalue weighted by Gasteiger charge is -2.57. The topological polar surface area (TPSA) is 45.7 Å². The second-order valence-corrected chi connectivity index (χ2v) is 7.54. The zero-order valence-corrected chi connectivity index (χ0v) is 17.4. The summed E-state index contributed by atoms with van der Waals surface area (Å²) in [6.07, 6.45) is 8.05. The van der Waals surface area contributed by atoms with Gasteiger partial charge in [0.25, 0.3) is 0 Å². The van der Waals surface area contributed by atoms with Gasteiger partial charge in [0.15, 0.2) is 5.96 Å². The first kappa shape index (κ1) is 19.0. The molecule has 1 saturated heterocycles. The van der Waals surface area contributed by atoms with Crippen LogP contribution in [0.25, 0.3) is 0 Å². The minimum atomic E-state index is 0. The lowest BCUT2D eigenvalue weighted by molar-refractivity contribution is -0.125. The van der Waals surface area contributed by atoms with Crippen molar-refractivity contribution in [3.8, 4) is 0 Å².